The molecule has 2 rings (SSSR count). The summed E-state index contributed by atoms with van der Waals surface area (Å²) in [6.07, 6.45) is 0.0237. The molecule has 0 spiro atoms. The molecule has 0 radical (unpaired) electrons. The Morgan fingerprint density at radius 1 is 1.48 bits per heavy atom. The number of carboxylic acids is 1. The van der Waals surface area contributed by atoms with Crippen LogP contribution in [0.25, 0.3) is 0 Å². The first kappa shape index (κ1) is 15.6. The van der Waals surface area contributed by atoms with Gasteiger partial charge in [-0.1, -0.05) is 17.7 Å². The van der Waals surface area contributed by atoms with Crippen molar-refractivity contribution in [3.63, 3.8) is 0 Å². The van der Waals surface area contributed by atoms with Crippen LogP contribution in [0, 0.1) is 0 Å². The number of likely N-dealkylation sites (tertiary alicyclic amines) is 1. The first-order chi connectivity index (χ1) is 10.0. The van der Waals surface area contributed by atoms with E-state index >= 15 is 0 Å². The lowest BCUT2D eigenvalue weighted by Crippen LogP contribution is -2.43. The van der Waals surface area contributed by atoms with Crippen molar-refractivity contribution in [2.24, 2.45) is 0 Å². The lowest BCUT2D eigenvalue weighted by Gasteiger charge is -2.21. The third kappa shape index (κ3) is 3.86. The zero-order valence-corrected chi connectivity index (χ0v) is 12.2. The molecule has 0 aliphatic carbocycles. The third-order valence-electron chi connectivity index (χ3n) is 3.36. The minimum absolute atomic E-state index is 0.236. The normalized spacial score (nSPS) is 21.3. The van der Waals surface area contributed by atoms with Gasteiger partial charge in [-0.15, -0.1) is 0 Å². The van der Waals surface area contributed by atoms with E-state index in [9.17, 15) is 9.59 Å². The number of methoxy groups -OCH3 is 1. The molecule has 2 atom stereocenters. The van der Waals surface area contributed by atoms with E-state index in [2.05, 4.69) is 0 Å². The monoisotopic (exact) mass is 313 g/mol. The fourth-order valence-corrected chi connectivity index (χ4v) is 2.44. The smallest absolute Gasteiger partial charge is 0.326 e. The van der Waals surface area contributed by atoms with Gasteiger partial charge in [0.15, 0.2) is 6.61 Å². The molecule has 6 nitrogen and oxygen atoms in total. The van der Waals surface area contributed by atoms with Crippen LogP contribution in [0.15, 0.2) is 24.3 Å². The zero-order valence-electron chi connectivity index (χ0n) is 11.5. The number of carboxylic acid groups (broad SMARTS) is 1. The Hall–Kier alpha value is -1.79. The third-order valence-corrected chi connectivity index (χ3v) is 3.59. The topological polar surface area (TPSA) is 76.1 Å². The summed E-state index contributed by atoms with van der Waals surface area (Å²) in [5.74, 6) is -0.960. The highest BCUT2D eigenvalue weighted by molar-refractivity contribution is 6.30. The van der Waals surface area contributed by atoms with Gasteiger partial charge in [-0.25, -0.2) is 4.79 Å². The molecule has 0 bridgehead atoms. The molecule has 1 aliphatic rings. The second-order valence-corrected chi connectivity index (χ2v) is 5.18. The minimum atomic E-state index is -1.04. The summed E-state index contributed by atoms with van der Waals surface area (Å²) in [4.78, 5) is 24.6. The largest absolute Gasteiger partial charge is 0.484 e. The summed E-state index contributed by atoms with van der Waals surface area (Å²) in [5.41, 5.74) is 0. The quantitative estimate of drug-likeness (QED) is 0.889. The van der Waals surface area contributed by atoms with Gasteiger partial charge in [-0.05, 0) is 18.2 Å². The fourth-order valence-electron chi connectivity index (χ4n) is 2.26. The molecule has 1 saturated heterocycles. The average Bonchev–Trinajstić information content (AvgIpc) is 2.89. The Kier molecular flexibility index (Phi) is 5.03. The summed E-state index contributed by atoms with van der Waals surface area (Å²) < 4.78 is 10.5. The zero-order chi connectivity index (χ0) is 15.4. The van der Waals surface area contributed by atoms with Crippen LogP contribution in [-0.4, -0.2) is 54.3 Å². The number of aliphatic carboxylic acids is 1. The lowest BCUT2D eigenvalue weighted by atomic mass is 10.2. The van der Waals surface area contributed by atoms with Gasteiger partial charge in [0.1, 0.15) is 11.8 Å². The van der Waals surface area contributed by atoms with Gasteiger partial charge in [0.25, 0.3) is 5.91 Å². The van der Waals surface area contributed by atoms with E-state index in [-0.39, 0.29) is 31.6 Å². The number of carbonyl (C=O) groups excluding carboxylic acids is 1. The van der Waals surface area contributed by atoms with Crippen molar-refractivity contribution in [1.82, 2.24) is 4.90 Å². The molecule has 7 heteroatoms. The Bertz CT molecular complexity index is 536. The van der Waals surface area contributed by atoms with Crippen LogP contribution in [0.3, 0.4) is 0 Å². The molecule has 1 fully saturated rings. The molecule has 2 unspecified atom stereocenters. The van der Waals surface area contributed by atoms with E-state index in [0.717, 1.165) is 0 Å². The van der Waals surface area contributed by atoms with Crippen LogP contribution >= 0.6 is 11.6 Å². The van der Waals surface area contributed by atoms with E-state index in [1.165, 1.54) is 12.0 Å². The SMILES string of the molecule is COC1CC(C(=O)O)N(C(=O)COc2cccc(Cl)c2)C1. The Balaban J connectivity index is 1.97. The molecule has 114 valence electrons. The van der Waals surface area contributed by atoms with Crippen LogP contribution in [0.2, 0.25) is 5.02 Å². The Morgan fingerprint density at radius 3 is 2.86 bits per heavy atom. The number of nitrogens with zero attached hydrogens (tertiary/aromatic N) is 1. The predicted molar refractivity (Wildman–Crippen MR) is 75.5 cm³/mol. The number of benzene rings is 1. The molecule has 0 saturated carbocycles. The molecule has 0 aromatic heterocycles. The molecule has 1 amide bonds. The number of ether oxygens (including phenoxy) is 2. The van der Waals surface area contributed by atoms with Gasteiger partial charge >= 0.3 is 5.97 Å². The van der Waals surface area contributed by atoms with Crippen LogP contribution in [0.5, 0.6) is 5.75 Å². The van der Waals surface area contributed by atoms with Gasteiger partial charge in [-0.3, -0.25) is 4.79 Å². The van der Waals surface area contributed by atoms with Gasteiger partial charge < -0.3 is 19.5 Å². The number of carbonyl (C=O) groups is 2. The number of halogens is 1. The molecular weight excluding hydrogens is 298 g/mol. The molecular formula is C14H16ClNO5. The molecule has 1 aliphatic heterocycles. The lowest BCUT2D eigenvalue weighted by molar-refractivity contribution is -0.148. The minimum Gasteiger partial charge on any atom is -0.484 e. The summed E-state index contributed by atoms with van der Waals surface area (Å²) in [6, 6.07) is 5.80. The standard InChI is InChI=1S/C14H16ClNO5/c1-20-11-6-12(14(18)19)16(7-11)13(17)8-21-10-4-2-3-9(15)5-10/h2-5,11-12H,6-8H2,1H3,(H,18,19). The molecule has 1 heterocycles. The van der Waals surface area contributed by atoms with Gasteiger partial charge in [-0.2, -0.15) is 0 Å². The summed E-state index contributed by atoms with van der Waals surface area (Å²) in [5, 5.41) is 9.66. The second-order valence-electron chi connectivity index (χ2n) is 4.74. The van der Waals surface area contributed by atoms with E-state index in [4.69, 9.17) is 26.2 Å². The predicted octanol–water partition coefficient (Wildman–Crippen LogP) is 1.42. The maximum atomic E-state index is 12.1. The molecule has 1 aromatic carbocycles. The summed E-state index contributed by atoms with van der Waals surface area (Å²) >= 11 is 5.82. The van der Waals surface area contributed by atoms with E-state index in [1.54, 1.807) is 24.3 Å². The van der Waals surface area contributed by atoms with Crippen molar-refractivity contribution < 1.29 is 24.2 Å². The van der Waals surface area contributed by atoms with Crippen LogP contribution < -0.4 is 4.74 Å². The fraction of sp³-hybridized carbons (Fsp3) is 0.429. The molecule has 21 heavy (non-hydrogen) atoms. The highest BCUT2D eigenvalue weighted by Gasteiger charge is 2.39. The number of hydrogen-bond acceptors (Lipinski definition) is 4. The van der Waals surface area contributed by atoms with Crippen LogP contribution in [0.4, 0.5) is 0 Å². The Morgan fingerprint density at radius 2 is 2.24 bits per heavy atom. The average molecular weight is 314 g/mol. The first-order valence-electron chi connectivity index (χ1n) is 6.44. The number of rotatable bonds is 5. The van der Waals surface area contributed by atoms with Crippen molar-refractivity contribution in [2.75, 3.05) is 20.3 Å². The molecule has 1 N–H and O–H groups in total. The highest BCUT2D eigenvalue weighted by atomic mass is 35.5. The van der Waals surface area contributed by atoms with Crippen molar-refractivity contribution in [3.8, 4) is 5.75 Å². The van der Waals surface area contributed by atoms with Crippen molar-refractivity contribution >= 4 is 23.5 Å². The van der Waals surface area contributed by atoms with E-state index in [0.29, 0.717) is 10.8 Å². The summed E-state index contributed by atoms with van der Waals surface area (Å²) in [6.45, 7) is 0.0196. The Labute approximate surface area is 127 Å². The summed E-state index contributed by atoms with van der Waals surface area (Å²) in [7, 11) is 1.50. The number of hydrogen-bond donors (Lipinski definition) is 1. The van der Waals surface area contributed by atoms with Gasteiger partial charge in [0.2, 0.25) is 0 Å². The van der Waals surface area contributed by atoms with E-state index in [1.807, 2.05) is 0 Å². The van der Waals surface area contributed by atoms with Crippen LogP contribution in [0.1, 0.15) is 6.42 Å². The maximum absolute atomic E-state index is 12.1. The first-order valence-corrected chi connectivity index (χ1v) is 6.82. The maximum Gasteiger partial charge on any atom is 0.326 e. The van der Waals surface area contributed by atoms with E-state index < -0.39 is 12.0 Å². The van der Waals surface area contributed by atoms with Crippen molar-refractivity contribution in [3.05, 3.63) is 29.3 Å². The van der Waals surface area contributed by atoms with Gasteiger partial charge in [0, 0.05) is 25.1 Å². The van der Waals surface area contributed by atoms with Gasteiger partial charge in [0.05, 0.1) is 6.10 Å². The second kappa shape index (κ2) is 6.78. The number of amides is 1. The van der Waals surface area contributed by atoms with Crippen molar-refractivity contribution in [1.29, 1.82) is 0 Å². The highest BCUT2D eigenvalue weighted by Crippen LogP contribution is 2.21. The molecule has 1 aromatic rings. The van der Waals surface area contributed by atoms with Crippen molar-refractivity contribution in [2.45, 2.75) is 18.6 Å². The van der Waals surface area contributed by atoms with Crippen LogP contribution in [-0.2, 0) is 14.3 Å².